The standard InChI is InChI=1S/C21H14O2/c1-2-20(22)23-19-12-11-18-16-10-6-8-14(16)13-15-7-4-3-5-9-17(15)21(18)19/h2-13H,1H2. The molecule has 0 aliphatic rings. The first-order valence-corrected chi connectivity index (χ1v) is 7.45. The quantitative estimate of drug-likeness (QED) is 0.374. The third-order valence-corrected chi connectivity index (χ3v) is 4.09. The Labute approximate surface area is 133 Å². The molecule has 0 amide bonds. The van der Waals surface area contributed by atoms with Crippen LogP contribution in [0.2, 0.25) is 0 Å². The van der Waals surface area contributed by atoms with Crippen LogP contribution >= 0.6 is 0 Å². The largest absolute Gasteiger partial charge is 0.423 e. The van der Waals surface area contributed by atoms with Crippen LogP contribution in [0.3, 0.4) is 0 Å². The summed E-state index contributed by atoms with van der Waals surface area (Å²) in [4.78, 5) is 11.7. The van der Waals surface area contributed by atoms with Gasteiger partial charge in [-0.25, -0.2) is 4.79 Å². The molecule has 0 atom stereocenters. The molecule has 0 saturated carbocycles. The van der Waals surface area contributed by atoms with E-state index in [9.17, 15) is 4.79 Å². The van der Waals surface area contributed by atoms with Gasteiger partial charge in [-0.2, -0.15) is 0 Å². The lowest BCUT2D eigenvalue weighted by atomic mass is 10.1. The molecule has 0 radical (unpaired) electrons. The van der Waals surface area contributed by atoms with E-state index in [1.807, 2.05) is 36.4 Å². The number of hydrogen-bond acceptors (Lipinski definition) is 2. The highest BCUT2D eigenvalue weighted by atomic mass is 16.5. The Kier molecular flexibility index (Phi) is 3.09. The Balaban J connectivity index is 2.24. The maximum absolute atomic E-state index is 11.7. The Morgan fingerprint density at radius 3 is 2.43 bits per heavy atom. The van der Waals surface area contributed by atoms with Crippen LogP contribution in [0, 0.1) is 0 Å². The zero-order valence-corrected chi connectivity index (χ0v) is 12.5. The third-order valence-electron chi connectivity index (χ3n) is 4.09. The van der Waals surface area contributed by atoms with Gasteiger partial charge in [-0.3, -0.25) is 0 Å². The molecular weight excluding hydrogens is 284 g/mol. The van der Waals surface area contributed by atoms with Crippen LogP contribution < -0.4 is 4.74 Å². The van der Waals surface area contributed by atoms with Crippen molar-refractivity contribution in [1.29, 1.82) is 0 Å². The first-order chi connectivity index (χ1) is 11.3. The van der Waals surface area contributed by atoms with Gasteiger partial charge in [-0.1, -0.05) is 55.1 Å². The normalized spacial score (nSPS) is 11.0. The smallest absolute Gasteiger partial charge is 0.335 e. The molecule has 0 unspecified atom stereocenters. The molecule has 0 aromatic heterocycles. The molecule has 2 nitrogen and oxygen atoms in total. The van der Waals surface area contributed by atoms with Crippen LogP contribution in [0.5, 0.6) is 5.75 Å². The fourth-order valence-corrected chi connectivity index (χ4v) is 3.08. The number of hydrogen-bond donors (Lipinski definition) is 0. The highest BCUT2D eigenvalue weighted by Crippen LogP contribution is 2.38. The Morgan fingerprint density at radius 1 is 0.826 bits per heavy atom. The molecule has 0 heterocycles. The first-order valence-electron chi connectivity index (χ1n) is 7.45. The van der Waals surface area contributed by atoms with E-state index in [0.29, 0.717) is 5.75 Å². The van der Waals surface area contributed by atoms with Gasteiger partial charge in [0.1, 0.15) is 5.75 Å². The van der Waals surface area contributed by atoms with Crippen LogP contribution in [-0.4, -0.2) is 5.97 Å². The summed E-state index contributed by atoms with van der Waals surface area (Å²) >= 11 is 0. The average Bonchev–Trinajstić information content (AvgIpc) is 3.06. The van der Waals surface area contributed by atoms with Crippen molar-refractivity contribution < 1.29 is 9.53 Å². The van der Waals surface area contributed by atoms with Crippen molar-refractivity contribution in [3.05, 3.63) is 79.4 Å². The average molecular weight is 298 g/mol. The summed E-state index contributed by atoms with van der Waals surface area (Å²) in [7, 11) is 0. The number of ether oxygens (including phenoxy) is 1. The maximum Gasteiger partial charge on any atom is 0.335 e. The highest BCUT2D eigenvalue weighted by molar-refractivity contribution is 6.20. The van der Waals surface area contributed by atoms with Gasteiger partial charge in [0.2, 0.25) is 0 Å². The summed E-state index contributed by atoms with van der Waals surface area (Å²) in [5.41, 5.74) is 0. The van der Waals surface area contributed by atoms with Crippen molar-refractivity contribution in [2.45, 2.75) is 0 Å². The van der Waals surface area contributed by atoms with Crippen LogP contribution in [0.15, 0.2) is 79.4 Å². The van der Waals surface area contributed by atoms with Crippen LogP contribution in [0.25, 0.3) is 32.3 Å². The summed E-state index contributed by atoms with van der Waals surface area (Å²) in [5, 5.41) is 6.51. The van der Waals surface area contributed by atoms with Gasteiger partial charge in [0.25, 0.3) is 0 Å². The van der Waals surface area contributed by atoms with E-state index in [2.05, 4.69) is 36.9 Å². The van der Waals surface area contributed by atoms with E-state index in [1.54, 1.807) is 0 Å². The molecule has 0 saturated heterocycles. The molecule has 0 spiro atoms. The van der Waals surface area contributed by atoms with E-state index >= 15 is 0 Å². The molecule has 0 aliphatic carbocycles. The van der Waals surface area contributed by atoms with Crippen molar-refractivity contribution in [1.82, 2.24) is 0 Å². The zero-order valence-electron chi connectivity index (χ0n) is 12.5. The molecule has 23 heavy (non-hydrogen) atoms. The molecule has 0 aliphatic heterocycles. The minimum absolute atomic E-state index is 0.448. The zero-order chi connectivity index (χ0) is 15.8. The molecule has 2 heteroatoms. The van der Waals surface area contributed by atoms with Crippen LogP contribution in [0.1, 0.15) is 0 Å². The van der Waals surface area contributed by atoms with Crippen molar-refractivity contribution in [3.63, 3.8) is 0 Å². The van der Waals surface area contributed by atoms with E-state index < -0.39 is 5.97 Å². The summed E-state index contributed by atoms with van der Waals surface area (Å²) in [6, 6.07) is 22.4. The van der Waals surface area contributed by atoms with Gasteiger partial charge in [0.05, 0.1) is 0 Å². The fraction of sp³-hybridized carbons (Fsp3) is 0. The molecular formula is C21H14O2. The number of esters is 1. The van der Waals surface area contributed by atoms with Crippen molar-refractivity contribution in [3.8, 4) is 5.75 Å². The predicted octanol–water partition coefficient (Wildman–Crippen LogP) is 5.24. The molecule has 4 rings (SSSR count). The predicted molar refractivity (Wildman–Crippen MR) is 94.8 cm³/mol. The van der Waals surface area contributed by atoms with E-state index in [-0.39, 0.29) is 0 Å². The summed E-state index contributed by atoms with van der Waals surface area (Å²) in [6.45, 7) is 3.47. The van der Waals surface area contributed by atoms with Crippen LogP contribution in [-0.2, 0) is 4.79 Å². The molecule has 0 N–H and O–H groups in total. The van der Waals surface area contributed by atoms with Gasteiger partial charge in [-0.15, -0.1) is 0 Å². The second kappa shape index (κ2) is 5.25. The fourth-order valence-electron chi connectivity index (χ4n) is 3.08. The van der Waals surface area contributed by atoms with E-state index in [4.69, 9.17) is 4.74 Å². The lowest BCUT2D eigenvalue weighted by molar-refractivity contribution is -0.128. The van der Waals surface area contributed by atoms with Gasteiger partial charge in [0, 0.05) is 11.5 Å². The van der Waals surface area contributed by atoms with Crippen molar-refractivity contribution >= 4 is 38.3 Å². The topological polar surface area (TPSA) is 26.3 Å². The Bertz CT molecular complexity index is 1080. The third kappa shape index (κ3) is 2.16. The highest BCUT2D eigenvalue weighted by Gasteiger charge is 2.12. The monoisotopic (exact) mass is 298 g/mol. The summed E-state index contributed by atoms with van der Waals surface area (Å²) in [6.07, 6.45) is 1.18. The number of fused-ring (bicyclic) bond motifs is 5. The molecule has 0 bridgehead atoms. The summed E-state index contributed by atoms with van der Waals surface area (Å²) < 4.78 is 5.47. The minimum atomic E-state index is -0.448. The second-order valence-electron chi connectivity index (χ2n) is 5.43. The number of rotatable bonds is 2. The van der Waals surface area contributed by atoms with Gasteiger partial charge in [-0.05, 0) is 45.1 Å². The second-order valence-corrected chi connectivity index (χ2v) is 5.43. The molecule has 4 aromatic rings. The lowest BCUT2D eigenvalue weighted by Gasteiger charge is -2.00. The van der Waals surface area contributed by atoms with Gasteiger partial charge in [0.15, 0.2) is 0 Å². The Morgan fingerprint density at radius 2 is 1.57 bits per heavy atom. The van der Waals surface area contributed by atoms with E-state index in [1.165, 1.54) is 11.5 Å². The lowest BCUT2D eigenvalue weighted by Crippen LogP contribution is -2.02. The minimum Gasteiger partial charge on any atom is -0.423 e. The van der Waals surface area contributed by atoms with Crippen molar-refractivity contribution in [2.75, 3.05) is 0 Å². The van der Waals surface area contributed by atoms with Crippen LogP contribution in [0.4, 0.5) is 0 Å². The SMILES string of the molecule is C=CC(=O)Oc1ccc2c3cccc3cc3cccccc3c12. The van der Waals surface area contributed by atoms with Crippen molar-refractivity contribution in [2.24, 2.45) is 0 Å². The molecule has 4 aromatic carbocycles. The molecule has 0 fully saturated rings. The Hall–Kier alpha value is -3.13. The maximum atomic E-state index is 11.7. The molecule has 110 valence electrons. The first kappa shape index (κ1) is 13.5. The number of carbonyl (C=O) groups is 1. The summed E-state index contributed by atoms with van der Waals surface area (Å²) in [5.74, 6) is 0.121. The van der Waals surface area contributed by atoms with Gasteiger partial charge >= 0.3 is 5.97 Å². The van der Waals surface area contributed by atoms with Gasteiger partial charge < -0.3 is 4.74 Å². The van der Waals surface area contributed by atoms with E-state index in [0.717, 1.165) is 26.9 Å². The number of carbonyl (C=O) groups excluding carboxylic acids is 1.